The van der Waals surface area contributed by atoms with Gasteiger partial charge in [0, 0.05) is 25.3 Å². The first kappa shape index (κ1) is 12.0. The molecule has 1 saturated heterocycles. The number of rotatable bonds is 2. The summed E-state index contributed by atoms with van der Waals surface area (Å²) in [5.74, 6) is 1.38. The Kier molecular flexibility index (Phi) is 3.57. The Balaban J connectivity index is 2.30. The molecule has 5 heteroatoms. The average Bonchev–Trinajstić information content (AvgIpc) is 2.59. The van der Waals surface area contributed by atoms with Gasteiger partial charge in [-0.15, -0.1) is 0 Å². The summed E-state index contributed by atoms with van der Waals surface area (Å²) in [7, 11) is 0. The van der Waals surface area contributed by atoms with Crippen LogP contribution < -0.4 is 10.6 Å². The molecule has 0 saturated carbocycles. The van der Waals surface area contributed by atoms with Crippen LogP contribution in [0.2, 0.25) is 10.0 Å². The van der Waals surface area contributed by atoms with Crippen LogP contribution >= 0.6 is 23.2 Å². The van der Waals surface area contributed by atoms with Gasteiger partial charge >= 0.3 is 0 Å². The zero-order valence-electron chi connectivity index (χ0n) is 9.16. The Morgan fingerprint density at radius 1 is 1.56 bits per heavy atom. The summed E-state index contributed by atoms with van der Waals surface area (Å²) < 4.78 is 0. The van der Waals surface area contributed by atoms with Crippen LogP contribution in [0, 0.1) is 5.92 Å². The van der Waals surface area contributed by atoms with Gasteiger partial charge in [0.15, 0.2) is 0 Å². The highest BCUT2D eigenvalue weighted by Gasteiger charge is 2.31. The van der Waals surface area contributed by atoms with E-state index in [-0.39, 0.29) is 0 Å². The zero-order chi connectivity index (χ0) is 11.7. The van der Waals surface area contributed by atoms with Gasteiger partial charge < -0.3 is 10.6 Å². The van der Waals surface area contributed by atoms with Crippen LogP contribution in [0.15, 0.2) is 12.3 Å². The number of nitrogens with zero attached hydrogens (tertiary/aromatic N) is 2. The second-order valence-electron chi connectivity index (χ2n) is 4.22. The minimum atomic E-state index is 0.325. The highest BCUT2D eigenvalue weighted by Crippen LogP contribution is 2.33. The molecule has 0 bridgehead atoms. The lowest BCUT2D eigenvalue weighted by molar-refractivity contribution is 0.517. The van der Waals surface area contributed by atoms with Gasteiger partial charge in [-0.2, -0.15) is 0 Å². The molecule has 3 nitrogen and oxygen atoms in total. The van der Waals surface area contributed by atoms with Gasteiger partial charge in [-0.25, -0.2) is 4.98 Å². The normalized spacial score (nSPS) is 25.1. The van der Waals surface area contributed by atoms with Crippen LogP contribution in [0.25, 0.3) is 0 Å². The number of anilines is 1. The average molecular weight is 260 g/mol. The van der Waals surface area contributed by atoms with Gasteiger partial charge in [0.05, 0.1) is 10.0 Å². The molecule has 1 aliphatic heterocycles. The minimum absolute atomic E-state index is 0.325. The fourth-order valence-electron chi connectivity index (χ4n) is 2.25. The Morgan fingerprint density at radius 3 is 2.94 bits per heavy atom. The lowest BCUT2D eigenvalue weighted by Crippen LogP contribution is -2.39. The summed E-state index contributed by atoms with van der Waals surface area (Å²) in [6.45, 7) is 3.79. The second-order valence-corrected chi connectivity index (χ2v) is 5.07. The maximum Gasteiger partial charge on any atom is 0.147 e. The molecule has 88 valence electrons. The van der Waals surface area contributed by atoms with Crippen molar-refractivity contribution in [2.24, 2.45) is 11.7 Å². The quantitative estimate of drug-likeness (QED) is 0.888. The van der Waals surface area contributed by atoms with E-state index in [1.807, 2.05) is 0 Å². The molecule has 1 aromatic heterocycles. The van der Waals surface area contributed by atoms with E-state index in [1.165, 1.54) is 0 Å². The molecular weight excluding hydrogens is 245 g/mol. The molecule has 0 radical (unpaired) electrons. The molecule has 0 amide bonds. The van der Waals surface area contributed by atoms with E-state index in [0.29, 0.717) is 28.5 Å². The lowest BCUT2D eigenvalue weighted by Gasteiger charge is -2.27. The van der Waals surface area contributed by atoms with Crippen molar-refractivity contribution in [1.82, 2.24) is 4.98 Å². The Hall–Kier alpha value is -0.510. The number of halogens is 2. The molecular formula is C11H15Cl2N3. The third-order valence-corrected chi connectivity index (χ3v) is 3.67. The number of hydrogen-bond acceptors (Lipinski definition) is 3. The van der Waals surface area contributed by atoms with Crippen LogP contribution in [-0.2, 0) is 0 Å². The van der Waals surface area contributed by atoms with Crippen LogP contribution in [-0.4, -0.2) is 24.1 Å². The summed E-state index contributed by atoms with van der Waals surface area (Å²) in [6, 6.07) is 2.05. The Morgan fingerprint density at radius 2 is 2.31 bits per heavy atom. The van der Waals surface area contributed by atoms with E-state index < -0.39 is 0 Å². The molecule has 1 fully saturated rings. The van der Waals surface area contributed by atoms with Crippen molar-refractivity contribution >= 4 is 29.0 Å². The highest BCUT2D eigenvalue weighted by molar-refractivity contribution is 6.36. The molecule has 2 atom stereocenters. The van der Waals surface area contributed by atoms with Gasteiger partial charge in [-0.1, -0.05) is 30.1 Å². The molecule has 16 heavy (non-hydrogen) atoms. The van der Waals surface area contributed by atoms with E-state index in [9.17, 15) is 0 Å². The molecule has 2 N–H and O–H groups in total. The summed E-state index contributed by atoms with van der Waals surface area (Å²) in [5.41, 5.74) is 5.79. The minimum Gasteiger partial charge on any atom is -0.351 e. The van der Waals surface area contributed by atoms with Crippen LogP contribution in [0.5, 0.6) is 0 Å². The third-order valence-electron chi connectivity index (χ3n) is 3.18. The van der Waals surface area contributed by atoms with Crippen LogP contribution in [0.3, 0.4) is 0 Å². The Bertz CT molecular complexity index is 383. The zero-order valence-corrected chi connectivity index (χ0v) is 10.7. The first-order valence-corrected chi connectivity index (χ1v) is 6.17. The molecule has 1 aliphatic rings. The van der Waals surface area contributed by atoms with E-state index in [2.05, 4.69) is 16.8 Å². The van der Waals surface area contributed by atoms with E-state index in [4.69, 9.17) is 28.9 Å². The molecule has 0 spiro atoms. The van der Waals surface area contributed by atoms with Crippen molar-refractivity contribution in [3.8, 4) is 0 Å². The maximum atomic E-state index is 6.15. The van der Waals surface area contributed by atoms with Gasteiger partial charge in [-0.3, -0.25) is 0 Å². The fraction of sp³-hybridized carbons (Fsp3) is 0.545. The molecule has 2 heterocycles. The van der Waals surface area contributed by atoms with Crippen LogP contribution in [0.4, 0.5) is 5.82 Å². The van der Waals surface area contributed by atoms with E-state index in [1.54, 1.807) is 12.3 Å². The van der Waals surface area contributed by atoms with Crippen molar-refractivity contribution in [1.29, 1.82) is 0 Å². The Labute approximate surface area is 106 Å². The van der Waals surface area contributed by atoms with Gasteiger partial charge in [0.25, 0.3) is 0 Å². The molecule has 0 aliphatic carbocycles. The monoisotopic (exact) mass is 259 g/mol. The largest absolute Gasteiger partial charge is 0.351 e. The van der Waals surface area contributed by atoms with E-state index >= 15 is 0 Å². The summed E-state index contributed by atoms with van der Waals surface area (Å²) in [5, 5.41) is 1.16. The summed E-state index contributed by atoms with van der Waals surface area (Å²) >= 11 is 12.0. The van der Waals surface area contributed by atoms with Gasteiger partial charge in [-0.05, 0) is 18.4 Å². The van der Waals surface area contributed by atoms with Crippen molar-refractivity contribution in [2.75, 3.05) is 18.0 Å². The molecule has 0 aromatic carbocycles. The van der Waals surface area contributed by atoms with Crippen LogP contribution in [0.1, 0.15) is 13.3 Å². The van der Waals surface area contributed by atoms with Gasteiger partial charge in [0.1, 0.15) is 5.82 Å². The number of aromatic nitrogens is 1. The fourth-order valence-corrected chi connectivity index (χ4v) is 2.74. The highest BCUT2D eigenvalue weighted by atomic mass is 35.5. The molecule has 2 rings (SSSR count). The number of pyridine rings is 1. The first-order chi connectivity index (χ1) is 7.63. The summed E-state index contributed by atoms with van der Waals surface area (Å²) in [4.78, 5) is 6.48. The topological polar surface area (TPSA) is 42.2 Å². The molecule has 2 unspecified atom stereocenters. The third kappa shape index (κ3) is 2.12. The SMILES string of the molecule is CC1CCN(c2ncc(Cl)cc2Cl)C1CN. The van der Waals surface area contributed by atoms with Crippen molar-refractivity contribution < 1.29 is 0 Å². The first-order valence-electron chi connectivity index (χ1n) is 5.41. The van der Waals surface area contributed by atoms with Crippen molar-refractivity contribution in [3.05, 3.63) is 22.3 Å². The number of hydrogen-bond donors (Lipinski definition) is 1. The standard InChI is InChI=1S/C11H15Cl2N3/c1-7-2-3-16(10(7)5-14)11-9(13)4-8(12)6-15-11/h4,6-7,10H,2-3,5,14H2,1H3. The van der Waals surface area contributed by atoms with Gasteiger partial charge in [0.2, 0.25) is 0 Å². The predicted octanol–water partition coefficient (Wildman–Crippen LogP) is 2.56. The lowest BCUT2D eigenvalue weighted by atomic mass is 10.0. The smallest absolute Gasteiger partial charge is 0.147 e. The summed E-state index contributed by atoms with van der Waals surface area (Å²) in [6.07, 6.45) is 2.75. The van der Waals surface area contributed by atoms with Crippen molar-refractivity contribution in [2.45, 2.75) is 19.4 Å². The maximum absolute atomic E-state index is 6.15. The number of nitrogens with two attached hydrogens (primary N) is 1. The van der Waals surface area contributed by atoms with Crippen molar-refractivity contribution in [3.63, 3.8) is 0 Å². The predicted molar refractivity (Wildman–Crippen MR) is 68.2 cm³/mol. The molecule has 1 aromatic rings. The van der Waals surface area contributed by atoms with E-state index in [0.717, 1.165) is 18.8 Å². The second kappa shape index (κ2) is 4.78.